The molecule has 0 unspecified atom stereocenters. The largest absolute Gasteiger partial charge is 0.497 e. The van der Waals surface area contributed by atoms with Gasteiger partial charge in [0.1, 0.15) is 17.3 Å². The van der Waals surface area contributed by atoms with Crippen LogP contribution in [0.25, 0.3) is 17.4 Å². The first kappa shape index (κ1) is 18.0. The van der Waals surface area contributed by atoms with Gasteiger partial charge >= 0.3 is 0 Å². The summed E-state index contributed by atoms with van der Waals surface area (Å²) in [5.74, 6) is 0.544. The molecule has 1 aliphatic heterocycles. The van der Waals surface area contributed by atoms with Crippen LogP contribution in [0.3, 0.4) is 0 Å². The number of furan rings is 1. The van der Waals surface area contributed by atoms with Crippen molar-refractivity contribution >= 4 is 29.3 Å². The lowest BCUT2D eigenvalue weighted by Crippen LogP contribution is -2.22. The molecule has 2 aromatic heterocycles. The zero-order valence-corrected chi connectivity index (χ0v) is 15.2. The first-order valence-electron chi connectivity index (χ1n) is 8.25. The van der Waals surface area contributed by atoms with Crippen LogP contribution < -0.4 is 9.75 Å². The van der Waals surface area contributed by atoms with Gasteiger partial charge < -0.3 is 9.15 Å². The summed E-state index contributed by atoms with van der Waals surface area (Å²) in [6, 6.07) is 7.65. The smallest absolute Gasteiger partial charge is 0.293 e. The maximum atomic E-state index is 12.6. The third-order valence-corrected chi connectivity index (χ3v) is 4.17. The normalized spacial score (nSPS) is 15.1. The molecule has 1 aromatic carbocycles. The minimum atomic E-state index is -0.515. The number of hydrogen-bond donors (Lipinski definition) is 1. The van der Waals surface area contributed by atoms with E-state index >= 15 is 0 Å². The van der Waals surface area contributed by atoms with Crippen LogP contribution in [0.15, 0.2) is 45.4 Å². The van der Waals surface area contributed by atoms with E-state index in [0.717, 1.165) is 5.01 Å². The summed E-state index contributed by atoms with van der Waals surface area (Å²) in [5, 5.41) is 29.7. The monoisotopic (exact) mass is 395 g/mol. The predicted molar refractivity (Wildman–Crippen MR) is 100 cm³/mol. The summed E-state index contributed by atoms with van der Waals surface area (Å²) >= 11 is 0. The molecule has 4 rings (SSSR count). The zero-order chi connectivity index (χ0) is 20.5. The van der Waals surface area contributed by atoms with Crippen LogP contribution in [-0.4, -0.2) is 44.3 Å². The van der Waals surface area contributed by atoms with Crippen LogP contribution in [0.2, 0.25) is 0 Å². The average molecular weight is 395 g/mol. The number of benzene rings is 1. The number of nitrogens with one attached hydrogen (secondary N) is 1. The van der Waals surface area contributed by atoms with Gasteiger partial charge in [-0.25, -0.2) is 0 Å². The summed E-state index contributed by atoms with van der Waals surface area (Å²) < 4.78 is 10.8. The molecule has 1 amide bonds. The standard InChI is InChI=1S/C17H13N7O5/c1-9-13(16(25)23(20-9)17-18-21-22-19-17)7-11-4-6-15(29-11)12-5-3-10(28-2)8-14(12)24(26)27/h3-8H,1-2H3,(H,18,19,21,22)/b13-7+. The fourth-order valence-electron chi connectivity index (χ4n) is 2.78. The number of carbonyl (C=O) groups is 1. The van der Waals surface area contributed by atoms with Crippen LogP contribution in [0.1, 0.15) is 12.7 Å². The van der Waals surface area contributed by atoms with E-state index in [4.69, 9.17) is 9.15 Å². The summed E-state index contributed by atoms with van der Waals surface area (Å²) in [6.07, 6.45) is 1.50. The number of aromatic amines is 1. The Balaban J connectivity index is 1.66. The van der Waals surface area contributed by atoms with Crippen molar-refractivity contribution < 1.29 is 18.9 Å². The maximum absolute atomic E-state index is 12.6. The van der Waals surface area contributed by atoms with Crippen LogP contribution in [0.4, 0.5) is 11.6 Å². The third-order valence-electron chi connectivity index (χ3n) is 4.17. The van der Waals surface area contributed by atoms with Crippen molar-refractivity contribution in [3.05, 3.63) is 51.8 Å². The molecule has 0 saturated carbocycles. The van der Waals surface area contributed by atoms with Crippen LogP contribution in [0.5, 0.6) is 5.75 Å². The maximum Gasteiger partial charge on any atom is 0.293 e. The van der Waals surface area contributed by atoms with E-state index < -0.39 is 10.8 Å². The number of anilines is 1. The van der Waals surface area contributed by atoms with Gasteiger partial charge in [-0.3, -0.25) is 14.9 Å². The number of nitro benzene ring substituents is 1. The number of rotatable bonds is 5. The van der Waals surface area contributed by atoms with Gasteiger partial charge in [-0.15, -0.1) is 5.10 Å². The van der Waals surface area contributed by atoms with Gasteiger partial charge in [-0.05, 0) is 42.5 Å². The van der Waals surface area contributed by atoms with Gasteiger partial charge in [-0.2, -0.15) is 15.3 Å². The van der Waals surface area contributed by atoms with Crippen molar-refractivity contribution in [1.29, 1.82) is 0 Å². The SMILES string of the molecule is COc1ccc(-c2ccc(/C=C3/C(=O)N(c4nn[nH]n4)N=C3C)o2)c([N+](=O)[O-])c1. The summed E-state index contributed by atoms with van der Waals surface area (Å²) in [7, 11) is 1.43. The molecule has 29 heavy (non-hydrogen) atoms. The highest BCUT2D eigenvalue weighted by molar-refractivity contribution is 6.31. The minimum absolute atomic E-state index is 0.0201. The van der Waals surface area contributed by atoms with E-state index in [1.165, 1.54) is 25.3 Å². The number of amides is 1. The lowest BCUT2D eigenvalue weighted by molar-refractivity contribution is -0.384. The lowest BCUT2D eigenvalue weighted by Gasteiger charge is -2.04. The summed E-state index contributed by atoms with van der Waals surface area (Å²) in [6.45, 7) is 1.65. The quantitative estimate of drug-likeness (QED) is 0.392. The molecule has 0 aliphatic carbocycles. The van der Waals surface area contributed by atoms with Crippen molar-refractivity contribution in [2.45, 2.75) is 6.92 Å². The topological polar surface area (TPSA) is 153 Å². The van der Waals surface area contributed by atoms with Crippen molar-refractivity contribution in [1.82, 2.24) is 20.6 Å². The van der Waals surface area contributed by atoms with E-state index in [1.54, 1.807) is 25.1 Å². The van der Waals surface area contributed by atoms with Crippen LogP contribution >= 0.6 is 0 Å². The number of nitrogens with zero attached hydrogens (tertiary/aromatic N) is 6. The Morgan fingerprint density at radius 2 is 2.14 bits per heavy atom. The number of nitro groups is 1. The second-order valence-electron chi connectivity index (χ2n) is 5.91. The second-order valence-corrected chi connectivity index (χ2v) is 5.91. The minimum Gasteiger partial charge on any atom is -0.497 e. The number of ether oxygens (including phenoxy) is 1. The zero-order valence-electron chi connectivity index (χ0n) is 15.2. The molecule has 0 fully saturated rings. The number of aromatic nitrogens is 4. The first-order chi connectivity index (χ1) is 14.0. The van der Waals surface area contributed by atoms with Crippen LogP contribution in [0, 0.1) is 10.1 Å². The molecule has 0 saturated heterocycles. The van der Waals surface area contributed by atoms with Gasteiger partial charge in [0.25, 0.3) is 17.5 Å². The van der Waals surface area contributed by atoms with Crippen molar-refractivity contribution in [3.8, 4) is 17.1 Å². The fraction of sp³-hybridized carbons (Fsp3) is 0.118. The molecular formula is C17H13N7O5. The molecule has 0 atom stereocenters. The van der Waals surface area contributed by atoms with Crippen molar-refractivity contribution in [3.63, 3.8) is 0 Å². The Morgan fingerprint density at radius 1 is 1.31 bits per heavy atom. The van der Waals surface area contributed by atoms with Gasteiger partial charge in [-0.1, -0.05) is 5.10 Å². The Bertz CT molecular complexity index is 1160. The molecule has 3 heterocycles. The van der Waals surface area contributed by atoms with Gasteiger partial charge in [0.05, 0.1) is 34.9 Å². The number of hydrogen-bond acceptors (Lipinski definition) is 9. The Morgan fingerprint density at radius 3 is 2.83 bits per heavy atom. The van der Waals surface area contributed by atoms with Gasteiger partial charge in [0, 0.05) is 0 Å². The average Bonchev–Trinajstić information content (AvgIpc) is 3.45. The second kappa shape index (κ2) is 6.99. The highest BCUT2D eigenvalue weighted by Crippen LogP contribution is 2.34. The molecule has 0 spiro atoms. The van der Waals surface area contributed by atoms with Crippen molar-refractivity contribution in [2.75, 3.05) is 12.1 Å². The third kappa shape index (κ3) is 3.22. The van der Waals surface area contributed by atoms with Crippen LogP contribution in [-0.2, 0) is 4.79 Å². The van der Waals surface area contributed by atoms with E-state index in [-0.39, 0.29) is 28.5 Å². The molecule has 12 nitrogen and oxygen atoms in total. The highest BCUT2D eigenvalue weighted by atomic mass is 16.6. The molecule has 1 aliphatic rings. The predicted octanol–water partition coefficient (Wildman–Crippen LogP) is 2.18. The van der Waals surface area contributed by atoms with E-state index in [2.05, 4.69) is 25.7 Å². The van der Waals surface area contributed by atoms with Gasteiger partial charge in [0.2, 0.25) is 0 Å². The number of hydrazone groups is 1. The number of carbonyl (C=O) groups excluding carboxylic acids is 1. The summed E-state index contributed by atoms with van der Waals surface area (Å²) in [4.78, 5) is 23.5. The number of H-pyrrole nitrogens is 1. The first-order valence-corrected chi connectivity index (χ1v) is 8.25. The van der Waals surface area contributed by atoms with E-state index in [9.17, 15) is 14.9 Å². The number of tetrazole rings is 1. The van der Waals surface area contributed by atoms with E-state index in [1.807, 2.05) is 0 Å². The van der Waals surface area contributed by atoms with E-state index in [0.29, 0.717) is 17.2 Å². The lowest BCUT2D eigenvalue weighted by atomic mass is 10.1. The molecule has 12 heteroatoms. The molecule has 146 valence electrons. The molecule has 3 aromatic rings. The highest BCUT2D eigenvalue weighted by Gasteiger charge is 2.31. The molecule has 1 N–H and O–H groups in total. The Kier molecular flexibility index (Phi) is 4.35. The van der Waals surface area contributed by atoms with Crippen molar-refractivity contribution in [2.24, 2.45) is 5.10 Å². The fourth-order valence-corrected chi connectivity index (χ4v) is 2.78. The molecule has 0 radical (unpaired) electrons. The Labute approximate surface area is 162 Å². The molecule has 0 bridgehead atoms. The van der Waals surface area contributed by atoms with Gasteiger partial charge in [0.15, 0.2) is 0 Å². The summed E-state index contributed by atoms with van der Waals surface area (Å²) in [5.41, 5.74) is 0.848. The molecular weight excluding hydrogens is 382 g/mol. The Hall–Kier alpha value is -4.35. The number of methoxy groups -OCH3 is 1.